The van der Waals surface area contributed by atoms with E-state index in [4.69, 9.17) is 42.2 Å². The molecule has 17 heteroatoms. The van der Waals surface area contributed by atoms with Crippen molar-refractivity contribution < 1.29 is 56.7 Å². The first-order valence-corrected chi connectivity index (χ1v) is 14.7. The van der Waals surface area contributed by atoms with Crippen LogP contribution in [0.25, 0.3) is 0 Å². The summed E-state index contributed by atoms with van der Waals surface area (Å²) in [7, 11) is 5.19. The zero-order valence-corrected chi connectivity index (χ0v) is 26.8. The van der Waals surface area contributed by atoms with E-state index in [-0.39, 0.29) is 58.6 Å². The van der Waals surface area contributed by atoms with Crippen LogP contribution >= 0.6 is 7.60 Å². The maximum absolute atomic E-state index is 14.1. The predicted molar refractivity (Wildman–Crippen MR) is 161 cm³/mol. The minimum absolute atomic E-state index is 0.0312. The van der Waals surface area contributed by atoms with Crippen LogP contribution in [0.5, 0.6) is 52.8 Å². The summed E-state index contributed by atoms with van der Waals surface area (Å²) >= 11 is 0. The molecule has 4 rings (SSSR count). The molecule has 0 aliphatic rings. The van der Waals surface area contributed by atoms with Crippen LogP contribution in [0.2, 0.25) is 0 Å². The van der Waals surface area contributed by atoms with E-state index in [2.05, 4.69) is 19.9 Å². The molecule has 0 spiro atoms. The fourth-order valence-corrected chi connectivity index (χ4v) is 5.49. The van der Waals surface area contributed by atoms with Gasteiger partial charge in [0.2, 0.25) is 23.5 Å². The zero-order chi connectivity index (χ0) is 33.4. The standard InChI is InChI=1S/C29H31N4O12P/c1-37-17-10-8-16(9-11-17)12-18-20(46(36,42-6)43-7)13-19(44-28-30-21(38-2)14-22(31-28)39-3)25(27(34)35)26(18)45-29-32-23(40-4)15-24(33-29)41-5/h8-11,13-15H,12H2,1-7H3,(H,34,35). The van der Waals surface area contributed by atoms with Gasteiger partial charge in [-0.25, -0.2) is 4.79 Å². The molecule has 0 saturated carbocycles. The molecule has 2 heterocycles. The van der Waals surface area contributed by atoms with Gasteiger partial charge in [-0.1, -0.05) is 12.1 Å². The molecule has 46 heavy (non-hydrogen) atoms. The summed E-state index contributed by atoms with van der Waals surface area (Å²) in [5.74, 6) is -1.43. The highest BCUT2D eigenvalue weighted by Crippen LogP contribution is 2.50. The van der Waals surface area contributed by atoms with E-state index >= 15 is 0 Å². The largest absolute Gasteiger partial charge is 0.497 e. The molecule has 2 aromatic carbocycles. The molecule has 0 aliphatic heterocycles. The summed E-state index contributed by atoms with van der Waals surface area (Å²) in [6.45, 7) is 0. The number of nitrogens with zero attached hydrogens (tertiary/aromatic N) is 4. The van der Waals surface area contributed by atoms with Crippen molar-refractivity contribution in [3.63, 3.8) is 0 Å². The van der Waals surface area contributed by atoms with Crippen LogP contribution in [-0.2, 0) is 20.0 Å². The van der Waals surface area contributed by atoms with Gasteiger partial charge in [0.15, 0.2) is 5.75 Å². The number of ether oxygens (including phenoxy) is 7. The van der Waals surface area contributed by atoms with E-state index in [0.29, 0.717) is 11.3 Å². The van der Waals surface area contributed by atoms with E-state index in [9.17, 15) is 14.5 Å². The number of aromatic nitrogens is 4. The van der Waals surface area contributed by atoms with Crippen molar-refractivity contribution in [2.24, 2.45) is 0 Å². The molecule has 0 atom stereocenters. The molecule has 0 amide bonds. The monoisotopic (exact) mass is 658 g/mol. The number of rotatable bonds is 15. The maximum Gasteiger partial charge on any atom is 0.361 e. The summed E-state index contributed by atoms with van der Waals surface area (Å²) in [5.41, 5.74) is 0.221. The lowest BCUT2D eigenvalue weighted by molar-refractivity contribution is 0.0690. The molecule has 1 N–H and O–H groups in total. The number of carboxylic acids is 1. The second-order valence-electron chi connectivity index (χ2n) is 8.94. The third kappa shape index (κ3) is 7.37. The number of hydrogen-bond acceptors (Lipinski definition) is 15. The zero-order valence-electron chi connectivity index (χ0n) is 25.9. The number of methoxy groups -OCH3 is 5. The van der Waals surface area contributed by atoms with Crippen LogP contribution in [0.1, 0.15) is 21.5 Å². The lowest BCUT2D eigenvalue weighted by Gasteiger charge is -2.23. The van der Waals surface area contributed by atoms with E-state index < -0.39 is 24.9 Å². The summed E-state index contributed by atoms with van der Waals surface area (Å²) in [5, 5.41) is 10.5. The van der Waals surface area contributed by atoms with Gasteiger partial charge in [0.1, 0.15) is 17.1 Å². The average molecular weight is 659 g/mol. The van der Waals surface area contributed by atoms with Crippen LogP contribution in [0.3, 0.4) is 0 Å². The van der Waals surface area contributed by atoms with Gasteiger partial charge in [0.05, 0.1) is 53.0 Å². The maximum atomic E-state index is 14.1. The molecule has 0 radical (unpaired) electrons. The van der Waals surface area contributed by atoms with E-state index in [1.54, 1.807) is 24.3 Å². The molecule has 16 nitrogen and oxygen atoms in total. The van der Waals surface area contributed by atoms with Crippen molar-refractivity contribution in [1.82, 2.24) is 19.9 Å². The normalized spacial score (nSPS) is 11.0. The molecule has 4 aromatic rings. The van der Waals surface area contributed by atoms with Gasteiger partial charge in [-0.2, -0.15) is 19.9 Å². The van der Waals surface area contributed by atoms with Crippen LogP contribution in [0.4, 0.5) is 0 Å². The summed E-state index contributed by atoms with van der Waals surface area (Å²) in [6, 6.07) is 10.2. The Balaban J connectivity index is 2.07. The van der Waals surface area contributed by atoms with Crippen molar-refractivity contribution in [2.75, 3.05) is 49.8 Å². The minimum atomic E-state index is -4.16. The minimum Gasteiger partial charge on any atom is -0.497 e. The van der Waals surface area contributed by atoms with Gasteiger partial charge in [0, 0.05) is 26.2 Å². The van der Waals surface area contributed by atoms with Crippen molar-refractivity contribution in [3.8, 4) is 52.8 Å². The summed E-state index contributed by atoms with van der Waals surface area (Å²) < 4.78 is 62.9. The lowest BCUT2D eigenvalue weighted by atomic mass is 10.00. The quantitative estimate of drug-likeness (QED) is 0.178. The van der Waals surface area contributed by atoms with Crippen LogP contribution in [0, 0.1) is 0 Å². The molecule has 0 bridgehead atoms. The van der Waals surface area contributed by atoms with Gasteiger partial charge in [-0.05, 0) is 23.8 Å². The number of aromatic carboxylic acids is 1. The first-order valence-electron chi connectivity index (χ1n) is 13.2. The lowest BCUT2D eigenvalue weighted by Crippen LogP contribution is -2.20. The summed E-state index contributed by atoms with van der Waals surface area (Å²) in [6.07, 6.45) is -0.0312. The van der Waals surface area contributed by atoms with Gasteiger partial charge in [-0.3, -0.25) is 4.57 Å². The fourth-order valence-electron chi connectivity index (χ4n) is 4.16. The SMILES string of the molecule is COc1ccc(Cc2c(P(=O)(OC)OC)cc(Oc3nc(OC)cc(OC)n3)c(C(=O)O)c2Oc2nc(OC)cc(OC)n2)cc1. The third-order valence-electron chi connectivity index (χ3n) is 6.40. The predicted octanol–water partition coefficient (Wildman–Crippen LogP) is 4.29. The molecule has 0 fully saturated rings. The van der Waals surface area contributed by atoms with Crippen molar-refractivity contribution in [1.29, 1.82) is 0 Å². The van der Waals surface area contributed by atoms with E-state index in [0.717, 1.165) is 0 Å². The van der Waals surface area contributed by atoms with Crippen molar-refractivity contribution >= 4 is 18.9 Å². The Hall–Kier alpha value is -5.18. The van der Waals surface area contributed by atoms with Crippen LogP contribution < -0.4 is 38.5 Å². The van der Waals surface area contributed by atoms with Gasteiger partial charge < -0.3 is 47.3 Å². The average Bonchev–Trinajstić information content (AvgIpc) is 3.08. The number of carbonyl (C=O) groups is 1. The van der Waals surface area contributed by atoms with Gasteiger partial charge >= 0.3 is 25.6 Å². The van der Waals surface area contributed by atoms with E-state index in [1.165, 1.54) is 68.0 Å². The first-order chi connectivity index (χ1) is 22.1. The molecule has 2 aromatic heterocycles. The highest BCUT2D eigenvalue weighted by atomic mass is 31.2. The molecule has 0 unspecified atom stereocenters. The molecule has 244 valence electrons. The Morgan fingerprint density at radius 3 is 1.59 bits per heavy atom. The number of carboxylic acid groups (broad SMARTS) is 1. The Labute approximate surface area is 263 Å². The van der Waals surface area contributed by atoms with Gasteiger partial charge in [-0.15, -0.1) is 0 Å². The highest BCUT2D eigenvalue weighted by Gasteiger charge is 2.36. The second-order valence-corrected chi connectivity index (χ2v) is 11.2. The van der Waals surface area contributed by atoms with Crippen molar-refractivity contribution in [2.45, 2.75) is 6.42 Å². The third-order valence-corrected chi connectivity index (χ3v) is 8.35. The Bertz CT molecular complexity index is 1700. The highest BCUT2D eigenvalue weighted by molar-refractivity contribution is 7.62. The molecular weight excluding hydrogens is 627 g/mol. The summed E-state index contributed by atoms with van der Waals surface area (Å²) in [4.78, 5) is 29.6. The smallest absolute Gasteiger partial charge is 0.361 e. The Morgan fingerprint density at radius 2 is 1.17 bits per heavy atom. The first kappa shape index (κ1) is 33.7. The Kier molecular flexibility index (Phi) is 10.8. The number of benzene rings is 2. The number of hydrogen-bond donors (Lipinski definition) is 1. The molecular formula is C29H31N4O12P. The van der Waals surface area contributed by atoms with Crippen LogP contribution in [0.15, 0.2) is 42.5 Å². The molecule has 0 saturated heterocycles. The second kappa shape index (κ2) is 14.7. The van der Waals surface area contributed by atoms with Crippen LogP contribution in [-0.4, -0.2) is 80.8 Å². The van der Waals surface area contributed by atoms with Gasteiger partial charge in [0.25, 0.3) is 0 Å². The van der Waals surface area contributed by atoms with Crippen molar-refractivity contribution in [3.05, 3.63) is 59.2 Å². The fraction of sp³-hybridized carbons (Fsp3) is 0.276. The Morgan fingerprint density at radius 1 is 0.696 bits per heavy atom. The van der Waals surface area contributed by atoms with E-state index in [1.807, 2.05) is 0 Å². The topological polar surface area (TPSA) is 189 Å². The molecule has 0 aliphatic carbocycles.